The summed E-state index contributed by atoms with van der Waals surface area (Å²) in [5.41, 5.74) is 0. The van der Waals surface area contributed by atoms with Gasteiger partial charge in [0, 0.05) is 6.54 Å². The molecule has 0 rings (SSSR count). The van der Waals surface area contributed by atoms with Crippen LogP contribution in [0.3, 0.4) is 0 Å². The number of hydrogen-bond acceptors (Lipinski definition) is 4. The van der Waals surface area contributed by atoms with E-state index in [2.05, 4.69) is 10.6 Å². The van der Waals surface area contributed by atoms with Crippen LogP contribution in [-0.2, 0) is 4.79 Å². The standard InChI is InChI=1S/C9H18N2O4S/c1-16-5-3-2-4-10-9(15)11-7(6-12)8(13)14/h7,12H,2-6H2,1H3,(H,13,14)(H2,10,11,15)/t7-/m0/s1. The molecule has 0 aromatic carbocycles. The summed E-state index contributed by atoms with van der Waals surface area (Å²) in [7, 11) is 0. The van der Waals surface area contributed by atoms with Crippen molar-refractivity contribution in [3.05, 3.63) is 0 Å². The zero-order valence-corrected chi connectivity index (χ0v) is 10.0. The van der Waals surface area contributed by atoms with Crippen LogP contribution in [0.15, 0.2) is 0 Å². The Bertz CT molecular complexity index is 226. The van der Waals surface area contributed by atoms with Gasteiger partial charge in [-0.15, -0.1) is 0 Å². The van der Waals surface area contributed by atoms with Crippen LogP contribution in [0.5, 0.6) is 0 Å². The summed E-state index contributed by atoms with van der Waals surface area (Å²) < 4.78 is 0. The molecule has 0 aromatic heterocycles. The number of amides is 2. The van der Waals surface area contributed by atoms with E-state index in [0.29, 0.717) is 6.54 Å². The molecule has 0 fully saturated rings. The second-order valence-corrected chi connectivity index (χ2v) is 4.16. The molecule has 0 saturated heterocycles. The number of thioether (sulfide) groups is 1. The molecule has 0 saturated carbocycles. The third kappa shape index (κ3) is 7.36. The van der Waals surface area contributed by atoms with Crippen LogP contribution < -0.4 is 10.6 Å². The summed E-state index contributed by atoms with van der Waals surface area (Å²) in [6.45, 7) is -0.112. The number of carbonyl (C=O) groups excluding carboxylic acids is 1. The predicted octanol–water partition coefficient (Wildman–Crippen LogP) is -0.126. The number of aliphatic hydroxyl groups is 1. The van der Waals surface area contributed by atoms with Crippen LogP contribution in [0.2, 0.25) is 0 Å². The summed E-state index contributed by atoms with van der Waals surface area (Å²) >= 11 is 1.74. The Morgan fingerprint density at radius 3 is 2.56 bits per heavy atom. The van der Waals surface area contributed by atoms with Crippen LogP contribution in [0.1, 0.15) is 12.8 Å². The molecular weight excluding hydrogens is 232 g/mol. The Kier molecular flexibility index (Phi) is 8.74. The minimum Gasteiger partial charge on any atom is -0.480 e. The van der Waals surface area contributed by atoms with E-state index in [1.165, 1.54) is 0 Å². The van der Waals surface area contributed by atoms with Gasteiger partial charge in [-0.3, -0.25) is 0 Å². The van der Waals surface area contributed by atoms with E-state index >= 15 is 0 Å². The summed E-state index contributed by atoms with van der Waals surface area (Å²) in [4.78, 5) is 21.6. The van der Waals surface area contributed by atoms with E-state index in [4.69, 9.17) is 10.2 Å². The van der Waals surface area contributed by atoms with Crippen molar-refractivity contribution in [2.45, 2.75) is 18.9 Å². The molecular formula is C9H18N2O4S. The molecule has 7 heteroatoms. The highest BCUT2D eigenvalue weighted by molar-refractivity contribution is 7.98. The first-order valence-corrected chi connectivity index (χ1v) is 6.38. The number of urea groups is 1. The van der Waals surface area contributed by atoms with Crippen molar-refractivity contribution in [1.29, 1.82) is 0 Å². The van der Waals surface area contributed by atoms with Gasteiger partial charge >= 0.3 is 12.0 Å². The molecule has 0 aliphatic rings. The minimum atomic E-state index is -1.25. The molecule has 0 bridgehead atoms. The van der Waals surface area contributed by atoms with E-state index in [0.717, 1.165) is 18.6 Å². The number of carboxylic acid groups (broad SMARTS) is 1. The van der Waals surface area contributed by atoms with Crippen molar-refractivity contribution in [1.82, 2.24) is 10.6 Å². The first-order valence-electron chi connectivity index (χ1n) is 4.98. The number of unbranched alkanes of at least 4 members (excludes halogenated alkanes) is 1. The highest BCUT2D eigenvalue weighted by atomic mass is 32.2. The molecule has 4 N–H and O–H groups in total. The van der Waals surface area contributed by atoms with Gasteiger partial charge in [0.25, 0.3) is 0 Å². The van der Waals surface area contributed by atoms with Crippen LogP contribution in [0, 0.1) is 0 Å². The zero-order valence-electron chi connectivity index (χ0n) is 9.23. The lowest BCUT2D eigenvalue weighted by Crippen LogP contribution is -2.48. The van der Waals surface area contributed by atoms with Crippen LogP contribution in [-0.4, -0.2) is 53.4 Å². The van der Waals surface area contributed by atoms with Crippen molar-refractivity contribution < 1.29 is 19.8 Å². The number of nitrogens with one attached hydrogen (secondary N) is 2. The van der Waals surface area contributed by atoms with E-state index < -0.39 is 24.6 Å². The molecule has 2 amide bonds. The van der Waals surface area contributed by atoms with Gasteiger partial charge in [-0.05, 0) is 24.9 Å². The lowest BCUT2D eigenvalue weighted by molar-refractivity contribution is -0.140. The van der Waals surface area contributed by atoms with Crippen molar-refractivity contribution >= 4 is 23.8 Å². The van der Waals surface area contributed by atoms with E-state index in [1.807, 2.05) is 6.26 Å². The first kappa shape index (κ1) is 15.0. The Hall–Kier alpha value is -0.950. The van der Waals surface area contributed by atoms with Crippen molar-refractivity contribution in [3.8, 4) is 0 Å². The number of aliphatic hydroxyl groups excluding tert-OH is 1. The molecule has 0 aromatic rings. The number of hydrogen-bond donors (Lipinski definition) is 4. The van der Waals surface area contributed by atoms with Gasteiger partial charge in [0.05, 0.1) is 6.61 Å². The molecule has 16 heavy (non-hydrogen) atoms. The van der Waals surface area contributed by atoms with Crippen molar-refractivity contribution in [2.75, 3.05) is 25.2 Å². The van der Waals surface area contributed by atoms with Crippen LogP contribution in [0.4, 0.5) is 4.79 Å². The van der Waals surface area contributed by atoms with Gasteiger partial charge in [-0.25, -0.2) is 9.59 Å². The first-order chi connectivity index (χ1) is 7.61. The third-order valence-electron chi connectivity index (χ3n) is 1.85. The maximum Gasteiger partial charge on any atom is 0.328 e. The topological polar surface area (TPSA) is 98.7 Å². The van der Waals surface area contributed by atoms with Crippen molar-refractivity contribution in [3.63, 3.8) is 0 Å². The van der Waals surface area contributed by atoms with Gasteiger partial charge in [-0.2, -0.15) is 11.8 Å². The largest absolute Gasteiger partial charge is 0.480 e. The number of carboxylic acids is 1. The number of rotatable bonds is 8. The molecule has 6 nitrogen and oxygen atoms in total. The van der Waals surface area contributed by atoms with Crippen molar-refractivity contribution in [2.24, 2.45) is 0 Å². The van der Waals surface area contributed by atoms with E-state index in [1.54, 1.807) is 11.8 Å². The molecule has 1 atom stereocenters. The van der Waals surface area contributed by atoms with Crippen LogP contribution in [0.25, 0.3) is 0 Å². The normalized spacial score (nSPS) is 11.9. The van der Waals surface area contributed by atoms with Gasteiger partial charge in [-0.1, -0.05) is 0 Å². The van der Waals surface area contributed by atoms with Gasteiger partial charge < -0.3 is 20.8 Å². The fraction of sp³-hybridized carbons (Fsp3) is 0.778. The fourth-order valence-corrected chi connectivity index (χ4v) is 1.46. The average molecular weight is 250 g/mol. The average Bonchev–Trinajstić information content (AvgIpc) is 2.25. The molecule has 0 radical (unpaired) electrons. The zero-order chi connectivity index (χ0) is 12.4. The lowest BCUT2D eigenvalue weighted by atomic mass is 10.3. The molecule has 0 aliphatic heterocycles. The summed E-state index contributed by atoms with van der Waals surface area (Å²) in [6, 6.07) is -1.81. The van der Waals surface area contributed by atoms with Gasteiger partial charge in [0.2, 0.25) is 0 Å². The number of carbonyl (C=O) groups is 2. The fourth-order valence-electron chi connectivity index (χ4n) is 0.968. The predicted molar refractivity (Wildman–Crippen MR) is 62.7 cm³/mol. The molecule has 0 aliphatic carbocycles. The molecule has 0 spiro atoms. The Labute approximate surface area is 98.8 Å². The highest BCUT2D eigenvalue weighted by Crippen LogP contribution is 1.97. The monoisotopic (exact) mass is 250 g/mol. The maximum atomic E-state index is 11.1. The third-order valence-corrected chi connectivity index (χ3v) is 2.54. The van der Waals surface area contributed by atoms with E-state index in [9.17, 15) is 9.59 Å². The van der Waals surface area contributed by atoms with Crippen LogP contribution >= 0.6 is 11.8 Å². The second kappa shape index (κ2) is 9.29. The molecule has 0 heterocycles. The van der Waals surface area contributed by atoms with E-state index in [-0.39, 0.29) is 0 Å². The quantitative estimate of drug-likeness (QED) is 0.450. The Morgan fingerprint density at radius 1 is 1.38 bits per heavy atom. The molecule has 0 unspecified atom stereocenters. The Morgan fingerprint density at radius 2 is 2.06 bits per heavy atom. The maximum absolute atomic E-state index is 11.1. The van der Waals surface area contributed by atoms with Gasteiger partial charge in [0.1, 0.15) is 0 Å². The second-order valence-electron chi connectivity index (χ2n) is 3.17. The summed E-state index contributed by atoms with van der Waals surface area (Å²) in [6.07, 6.45) is 3.87. The number of aliphatic carboxylic acids is 1. The van der Waals surface area contributed by atoms with Gasteiger partial charge in [0.15, 0.2) is 6.04 Å². The lowest BCUT2D eigenvalue weighted by Gasteiger charge is -2.12. The SMILES string of the molecule is CSCCCCNC(=O)N[C@@H](CO)C(=O)O. The smallest absolute Gasteiger partial charge is 0.328 e. The molecule has 94 valence electrons. The summed E-state index contributed by atoms with van der Waals surface area (Å²) in [5.74, 6) is -0.211. The minimum absolute atomic E-state index is 0.504. The highest BCUT2D eigenvalue weighted by Gasteiger charge is 2.17. The summed E-state index contributed by atoms with van der Waals surface area (Å²) in [5, 5.41) is 21.9. The Balaban J connectivity index is 3.61.